The first-order valence-electron chi connectivity index (χ1n) is 7.35. The molecule has 19 heavy (non-hydrogen) atoms. The average molecular weight is 262 g/mol. The largest absolute Gasteiger partial charge is 0.330 e. The fourth-order valence-electron chi connectivity index (χ4n) is 2.68. The van der Waals surface area contributed by atoms with Crippen molar-refractivity contribution in [2.24, 2.45) is 11.7 Å². The van der Waals surface area contributed by atoms with E-state index >= 15 is 0 Å². The molecule has 1 aromatic carbocycles. The van der Waals surface area contributed by atoms with Crippen LogP contribution >= 0.6 is 0 Å². The van der Waals surface area contributed by atoms with Crippen molar-refractivity contribution in [2.75, 3.05) is 20.1 Å². The molecule has 2 unspecified atom stereocenters. The van der Waals surface area contributed by atoms with Crippen molar-refractivity contribution in [2.45, 2.75) is 45.6 Å². The number of nitrogens with zero attached hydrogens (tertiary/aromatic N) is 1. The Morgan fingerprint density at radius 2 is 1.74 bits per heavy atom. The van der Waals surface area contributed by atoms with E-state index in [1.807, 2.05) is 0 Å². The normalized spacial score (nSPS) is 16.6. The maximum absolute atomic E-state index is 6.06. The van der Waals surface area contributed by atoms with Crippen molar-refractivity contribution in [1.82, 2.24) is 4.90 Å². The predicted molar refractivity (Wildman–Crippen MR) is 84.4 cm³/mol. The Morgan fingerprint density at radius 1 is 1.16 bits per heavy atom. The third-order valence-corrected chi connectivity index (χ3v) is 4.08. The Labute approximate surface area is 119 Å². The molecule has 0 fully saturated rings. The molecule has 108 valence electrons. The van der Waals surface area contributed by atoms with Crippen molar-refractivity contribution < 1.29 is 0 Å². The molecule has 0 aliphatic carbocycles. The first kappa shape index (κ1) is 16.2. The van der Waals surface area contributed by atoms with Gasteiger partial charge in [-0.15, -0.1) is 0 Å². The van der Waals surface area contributed by atoms with Gasteiger partial charge in [0.05, 0.1) is 0 Å². The van der Waals surface area contributed by atoms with Crippen LogP contribution in [0, 0.1) is 5.92 Å². The van der Waals surface area contributed by atoms with Crippen molar-refractivity contribution >= 4 is 0 Å². The highest BCUT2D eigenvalue weighted by Gasteiger charge is 2.28. The van der Waals surface area contributed by atoms with E-state index < -0.39 is 0 Å². The molecule has 0 spiro atoms. The van der Waals surface area contributed by atoms with E-state index in [-0.39, 0.29) is 5.41 Å². The first-order chi connectivity index (χ1) is 8.89. The lowest BCUT2D eigenvalue weighted by molar-refractivity contribution is 0.186. The lowest BCUT2D eigenvalue weighted by Crippen LogP contribution is -2.45. The Hall–Kier alpha value is -0.860. The molecule has 0 aromatic heterocycles. The van der Waals surface area contributed by atoms with Crippen LogP contribution in [0.15, 0.2) is 30.3 Å². The number of nitrogens with two attached hydrogens (primary N) is 1. The average Bonchev–Trinajstić information content (AvgIpc) is 2.38. The van der Waals surface area contributed by atoms with Crippen LogP contribution in [0.2, 0.25) is 0 Å². The van der Waals surface area contributed by atoms with E-state index in [1.54, 1.807) is 0 Å². The minimum atomic E-state index is 0.0290. The fourth-order valence-corrected chi connectivity index (χ4v) is 2.68. The van der Waals surface area contributed by atoms with E-state index in [0.29, 0.717) is 12.6 Å². The summed E-state index contributed by atoms with van der Waals surface area (Å²) in [4.78, 5) is 2.44. The SMILES string of the molecule is CC(C)CC(C)N(C)CC(C)(CN)c1ccccc1. The van der Waals surface area contributed by atoms with Gasteiger partial charge in [-0.2, -0.15) is 0 Å². The summed E-state index contributed by atoms with van der Waals surface area (Å²) in [6, 6.07) is 11.2. The molecule has 2 atom stereocenters. The summed E-state index contributed by atoms with van der Waals surface area (Å²) < 4.78 is 0. The fraction of sp³-hybridized carbons (Fsp3) is 0.647. The second-order valence-corrected chi connectivity index (χ2v) is 6.52. The topological polar surface area (TPSA) is 29.3 Å². The number of hydrogen-bond donors (Lipinski definition) is 1. The molecular weight excluding hydrogens is 232 g/mol. The van der Waals surface area contributed by atoms with Crippen molar-refractivity contribution in [1.29, 1.82) is 0 Å². The molecule has 0 radical (unpaired) electrons. The zero-order valence-electron chi connectivity index (χ0n) is 13.2. The monoisotopic (exact) mass is 262 g/mol. The molecule has 2 heteroatoms. The van der Waals surface area contributed by atoms with Gasteiger partial charge in [-0.3, -0.25) is 0 Å². The van der Waals surface area contributed by atoms with Crippen LogP contribution in [-0.4, -0.2) is 31.1 Å². The van der Waals surface area contributed by atoms with Crippen LogP contribution in [0.25, 0.3) is 0 Å². The van der Waals surface area contributed by atoms with Crippen LogP contribution in [0.4, 0.5) is 0 Å². The van der Waals surface area contributed by atoms with Gasteiger partial charge in [-0.05, 0) is 31.9 Å². The minimum absolute atomic E-state index is 0.0290. The smallest absolute Gasteiger partial charge is 0.0174 e. The van der Waals surface area contributed by atoms with Gasteiger partial charge in [0.2, 0.25) is 0 Å². The first-order valence-corrected chi connectivity index (χ1v) is 7.35. The van der Waals surface area contributed by atoms with Crippen LogP contribution in [0.1, 0.15) is 39.7 Å². The number of hydrogen-bond acceptors (Lipinski definition) is 2. The van der Waals surface area contributed by atoms with E-state index in [4.69, 9.17) is 5.73 Å². The summed E-state index contributed by atoms with van der Waals surface area (Å²) in [5.74, 6) is 0.735. The van der Waals surface area contributed by atoms with Gasteiger partial charge >= 0.3 is 0 Å². The van der Waals surface area contributed by atoms with Crippen molar-refractivity contribution in [3.63, 3.8) is 0 Å². The van der Waals surface area contributed by atoms with E-state index in [9.17, 15) is 0 Å². The summed E-state index contributed by atoms with van der Waals surface area (Å²) in [6.07, 6.45) is 1.23. The summed E-state index contributed by atoms with van der Waals surface area (Å²) in [6.45, 7) is 10.8. The summed E-state index contributed by atoms with van der Waals surface area (Å²) in [5, 5.41) is 0. The van der Waals surface area contributed by atoms with E-state index in [1.165, 1.54) is 12.0 Å². The van der Waals surface area contributed by atoms with Gasteiger partial charge in [-0.25, -0.2) is 0 Å². The van der Waals surface area contributed by atoms with Crippen molar-refractivity contribution in [3.05, 3.63) is 35.9 Å². The molecule has 0 heterocycles. The summed E-state index contributed by atoms with van der Waals surface area (Å²) in [5.41, 5.74) is 7.43. The number of rotatable bonds is 7. The van der Waals surface area contributed by atoms with Crippen LogP contribution in [0.5, 0.6) is 0 Å². The molecule has 1 rings (SSSR count). The van der Waals surface area contributed by atoms with Gasteiger partial charge < -0.3 is 10.6 Å². The second kappa shape index (κ2) is 7.06. The Bertz CT molecular complexity index is 361. The molecular formula is C17H30N2. The molecule has 0 saturated heterocycles. The summed E-state index contributed by atoms with van der Waals surface area (Å²) in [7, 11) is 2.21. The molecule has 2 N–H and O–H groups in total. The number of benzene rings is 1. The van der Waals surface area contributed by atoms with Gasteiger partial charge in [0.15, 0.2) is 0 Å². The molecule has 2 nitrogen and oxygen atoms in total. The minimum Gasteiger partial charge on any atom is -0.330 e. The van der Waals surface area contributed by atoms with E-state index in [2.05, 4.69) is 70.0 Å². The highest BCUT2D eigenvalue weighted by Crippen LogP contribution is 2.25. The highest BCUT2D eigenvalue weighted by molar-refractivity contribution is 5.25. The van der Waals surface area contributed by atoms with Crippen LogP contribution in [-0.2, 0) is 5.41 Å². The van der Waals surface area contributed by atoms with Crippen LogP contribution in [0.3, 0.4) is 0 Å². The second-order valence-electron chi connectivity index (χ2n) is 6.52. The quantitative estimate of drug-likeness (QED) is 0.817. The Balaban J connectivity index is 2.76. The molecule has 0 aliphatic rings. The maximum Gasteiger partial charge on any atom is 0.0174 e. The zero-order chi connectivity index (χ0) is 14.5. The van der Waals surface area contributed by atoms with Gasteiger partial charge in [0, 0.05) is 24.5 Å². The highest BCUT2D eigenvalue weighted by atomic mass is 15.1. The lowest BCUT2D eigenvalue weighted by Gasteiger charge is -2.36. The Kier molecular flexibility index (Phi) is 6.02. The predicted octanol–water partition coefficient (Wildman–Crippen LogP) is 3.27. The lowest BCUT2D eigenvalue weighted by atomic mass is 9.81. The molecule has 0 bridgehead atoms. The van der Waals surface area contributed by atoms with Crippen LogP contribution < -0.4 is 5.73 Å². The van der Waals surface area contributed by atoms with Gasteiger partial charge in [-0.1, -0.05) is 51.1 Å². The molecule has 0 amide bonds. The number of likely N-dealkylation sites (N-methyl/N-ethyl adjacent to an activating group) is 1. The standard InChI is InChI=1S/C17H30N2/c1-14(2)11-15(3)19(5)13-17(4,12-18)16-9-7-6-8-10-16/h6-10,14-15H,11-13,18H2,1-5H3. The van der Waals surface area contributed by atoms with Gasteiger partial charge in [0.1, 0.15) is 0 Å². The molecule has 0 saturated carbocycles. The third kappa shape index (κ3) is 4.63. The molecule has 1 aromatic rings. The third-order valence-electron chi connectivity index (χ3n) is 4.08. The van der Waals surface area contributed by atoms with Crippen molar-refractivity contribution in [3.8, 4) is 0 Å². The summed E-state index contributed by atoms with van der Waals surface area (Å²) >= 11 is 0. The van der Waals surface area contributed by atoms with Gasteiger partial charge in [0.25, 0.3) is 0 Å². The Morgan fingerprint density at radius 3 is 2.21 bits per heavy atom. The van der Waals surface area contributed by atoms with E-state index in [0.717, 1.165) is 12.5 Å². The zero-order valence-corrected chi connectivity index (χ0v) is 13.2. The molecule has 0 aliphatic heterocycles. The maximum atomic E-state index is 6.06.